The minimum absolute atomic E-state index is 0.103. The summed E-state index contributed by atoms with van der Waals surface area (Å²) in [6, 6.07) is 0. The molecule has 1 amide bonds. The lowest BCUT2D eigenvalue weighted by Gasteiger charge is -2.16. The predicted octanol–water partition coefficient (Wildman–Crippen LogP) is 0.768. The Morgan fingerprint density at radius 1 is 1.43 bits per heavy atom. The van der Waals surface area contributed by atoms with Gasteiger partial charge < -0.3 is 14.8 Å². The fourth-order valence-corrected chi connectivity index (χ4v) is 1.42. The van der Waals surface area contributed by atoms with Crippen molar-refractivity contribution < 1.29 is 14.3 Å². The van der Waals surface area contributed by atoms with Crippen molar-refractivity contribution in [2.45, 2.75) is 26.1 Å². The molecule has 14 heavy (non-hydrogen) atoms. The van der Waals surface area contributed by atoms with Gasteiger partial charge in [0.15, 0.2) is 6.29 Å². The standard InChI is InChI=1S/C10H19NO3/c1-7(8-4-5-8)10(12)11-6-9(13-2)14-3/h7-9H,4-6H2,1-3H3,(H,11,12). The second-order valence-electron chi connectivity index (χ2n) is 3.77. The Bertz CT molecular complexity index is 188. The van der Waals surface area contributed by atoms with Crippen LogP contribution in [0.3, 0.4) is 0 Å². The molecule has 0 heterocycles. The van der Waals surface area contributed by atoms with E-state index in [0.717, 1.165) is 0 Å². The van der Waals surface area contributed by atoms with E-state index in [4.69, 9.17) is 9.47 Å². The minimum Gasteiger partial charge on any atom is -0.354 e. The Morgan fingerprint density at radius 3 is 2.43 bits per heavy atom. The maximum atomic E-state index is 11.5. The Hall–Kier alpha value is -0.610. The third-order valence-corrected chi connectivity index (χ3v) is 2.71. The molecule has 1 saturated carbocycles. The average molecular weight is 201 g/mol. The van der Waals surface area contributed by atoms with Gasteiger partial charge in [0.05, 0.1) is 6.54 Å². The first-order chi connectivity index (χ1) is 6.69. The average Bonchev–Trinajstić information content (AvgIpc) is 3.01. The third-order valence-electron chi connectivity index (χ3n) is 2.71. The van der Waals surface area contributed by atoms with Crippen LogP contribution < -0.4 is 5.32 Å². The van der Waals surface area contributed by atoms with E-state index in [1.807, 2.05) is 6.92 Å². The van der Waals surface area contributed by atoms with Gasteiger partial charge in [0, 0.05) is 20.1 Å². The van der Waals surface area contributed by atoms with E-state index in [2.05, 4.69) is 5.32 Å². The largest absolute Gasteiger partial charge is 0.354 e. The molecule has 0 radical (unpaired) electrons. The summed E-state index contributed by atoms with van der Waals surface area (Å²) in [4.78, 5) is 11.5. The Kier molecular flexibility index (Phi) is 4.35. The van der Waals surface area contributed by atoms with E-state index in [0.29, 0.717) is 12.5 Å². The van der Waals surface area contributed by atoms with Gasteiger partial charge >= 0.3 is 0 Å². The number of hydrogen-bond acceptors (Lipinski definition) is 3. The van der Waals surface area contributed by atoms with E-state index < -0.39 is 0 Å². The Balaban J connectivity index is 2.19. The van der Waals surface area contributed by atoms with E-state index >= 15 is 0 Å². The number of carbonyl (C=O) groups excluding carboxylic acids is 1. The number of methoxy groups -OCH3 is 2. The van der Waals surface area contributed by atoms with Crippen molar-refractivity contribution in [3.63, 3.8) is 0 Å². The van der Waals surface area contributed by atoms with Crippen LogP contribution in [-0.4, -0.2) is 33.0 Å². The van der Waals surface area contributed by atoms with Crippen LogP contribution in [0, 0.1) is 11.8 Å². The van der Waals surface area contributed by atoms with Crippen LogP contribution in [0.15, 0.2) is 0 Å². The Morgan fingerprint density at radius 2 is 2.00 bits per heavy atom. The fourth-order valence-electron chi connectivity index (χ4n) is 1.42. The molecule has 1 aliphatic rings. The van der Waals surface area contributed by atoms with Crippen molar-refractivity contribution >= 4 is 5.91 Å². The van der Waals surface area contributed by atoms with Gasteiger partial charge in [-0.2, -0.15) is 0 Å². The summed E-state index contributed by atoms with van der Waals surface area (Å²) < 4.78 is 9.94. The molecule has 82 valence electrons. The van der Waals surface area contributed by atoms with Gasteiger partial charge in [0.1, 0.15) is 0 Å². The van der Waals surface area contributed by atoms with Crippen molar-refractivity contribution in [3.05, 3.63) is 0 Å². The molecule has 1 rings (SSSR count). The van der Waals surface area contributed by atoms with Crippen LogP contribution in [0.4, 0.5) is 0 Å². The summed E-state index contributed by atoms with van der Waals surface area (Å²) >= 11 is 0. The minimum atomic E-state index is -0.342. The van der Waals surface area contributed by atoms with Crippen LogP contribution >= 0.6 is 0 Å². The van der Waals surface area contributed by atoms with Crippen LogP contribution in [-0.2, 0) is 14.3 Å². The predicted molar refractivity (Wildman–Crippen MR) is 52.7 cm³/mol. The first kappa shape index (κ1) is 11.5. The molecule has 1 unspecified atom stereocenters. The first-order valence-electron chi connectivity index (χ1n) is 5.02. The summed E-state index contributed by atoms with van der Waals surface area (Å²) in [5.41, 5.74) is 0. The molecular formula is C10H19NO3. The van der Waals surface area contributed by atoms with Crippen LogP contribution in [0.2, 0.25) is 0 Å². The molecule has 0 aromatic carbocycles. The molecule has 1 fully saturated rings. The van der Waals surface area contributed by atoms with Gasteiger partial charge in [-0.1, -0.05) is 6.92 Å². The summed E-state index contributed by atoms with van der Waals surface area (Å²) in [6.07, 6.45) is 2.03. The van der Waals surface area contributed by atoms with Crippen molar-refractivity contribution in [2.24, 2.45) is 11.8 Å². The molecule has 0 saturated heterocycles. The van der Waals surface area contributed by atoms with E-state index in [-0.39, 0.29) is 18.1 Å². The topological polar surface area (TPSA) is 47.6 Å². The van der Waals surface area contributed by atoms with Crippen LogP contribution in [0.25, 0.3) is 0 Å². The molecule has 4 heteroatoms. The molecule has 4 nitrogen and oxygen atoms in total. The number of rotatable bonds is 6. The van der Waals surface area contributed by atoms with E-state index in [1.54, 1.807) is 14.2 Å². The number of ether oxygens (including phenoxy) is 2. The van der Waals surface area contributed by atoms with Gasteiger partial charge in [-0.05, 0) is 18.8 Å². The van der Waals surface area contributed by atoms with E-state index in [9.17, 15) is 4.79 Å². The molecule has 1 N–H and O–H groups in total. The second kappa shape index (κ2) is 5.32. The van der Waals surface area contributed by atoms with Crippen molar-refractivity contribution in [3.8, 4) is 0 Å². The smallest absolute Gasteiger partial charge is 0.223 e. The fraction of sp³-hybridized carbons (Fsp3) is 0.900. The van der Waals surface area contributed by atoms with E-state index in [1.165, 1.54) is 12.8 Å². The van der Waals surface area contributed by atoms with Crippen LogP contribution in [0.1, 0.15) is 19.8 Å². The maximum absolute atomic E-state index is 11.5. The number of carbonyl (C=O) groups is 1. The lowest BCUT2D eigenvalue weighted by atomic mass is 10.1. The van der Waals surface area contributed by atoms with Gasteiger partial charge in [-0.25, -0.2) is 0 Å². The SMILES string of the molecule is COC(CNC(=O)C(C)C1CC1)OC. The molecular weight excluding hydrogens is 182 g/mol. The lowest BCUT2D eigenvalue weighted by molar-refractivity contribution is -0.131. The molecule has 0 aromatic heterocycles. The zero-order valence-electron chi connectivity index (χ0n) is 9.08. The van der Waals surface area contributed by atoms with Gasteiger partial charge in [-0.3, -0.25) is 4.79 Å². The molecule has 0 bridgehead atoms. The number of amides is 1. The van der Waals surface area contributed by atoms with Gasteiger partial charge in [-0.15, -0.1) is 0 Å². The highest BCUT2D eigenvalue weighted by Gasteiger charge is 2.32. The summed E-state index contributed by atoms with van der Waals surface area (Å²) in [6.45, 7) is 2.39. The van der Waals surface area contributed by atoms with Crippen molar-refractivity contribution in [1.82, 2.24) is 5.32 Å². The number of hydrogen-bond donors (Lipinski definition) is 1. The summed E-state index contributed by atoms with van der Waals surface area (Å²) in [7, 11) is 3.12. The maximum Gasteiger partial charge on any atom is 0.223 e. The molecule has 1 atom stereocenters. The first-order valence-corrected chi connectivity index (χ1v) is 5.02. The highest BCUT2D eigenvalue weighted by Crippen LogP contribution is 2.36. The van der Waals surface area contributed by atoms with Crippen molar-refractivity contribution in [2.75, 3.05) is 20.8 Å². The van der Waals surface area contributed by atoms with Gasteiger partial charge in [0.25, 0.3) is 0 Å². The highest BCUT2D eigenvalue weighted by atomic mass is 16.7. The van der Waals surface area contributed by atoms with Crippen molar-refractivity contribution in [1.29, 1.82) is 0 Å². The Labute approximate surface area is 85.0 Å². The molecule has 0 aliphatic heterocycles. The monoisotopic (exact) mass is 201 g/mol. The summed E-state index contributed by atoms with van der Waals surface area (Å²) in [5.74, 6) is 0.828. The summed E-state index contributed by atoms with van der Waals surface area (Å²) in [5, 5.41) is 2.82. The second-order valence-corrected chi connectivity index (χ2v) is 3.77. The third kappa shape index (κ3) is 3.27. The molecule has 1 aliphatic carbocycles. The zero-order valence-corrected chi connectivity index (χ0v) is 9.08. The lowest BCUT2D eigenvalue weighted by Crippen LogP contribution is -2.37. The number of nitrogens with one attached hydrogen (secondary N) is 1. The quantitative estimate of drug-likeness (QED) is 0.646. The van der Waals surface area contributed by atoms with Gasteiger partial charge in [0.2, 0.25) is 5.91 Å². The highest BCUT2D eigenvalue weighted by molar-refractivity contribution is 5.78. The van der Waals surface area contributed by atoms with Crippen LogP contribution in [0.5, 0.6) is 0 Å². The molecule has 0 aromatic rings. The normalized spacial score (nSPS) is 18.3. The zero-order chi connectivity index (χ0) is 10.6. The molecule has 0 spiro atoms.